The molecule has 20 heavy (non-hydrogen) atoms. The van der Waals surface area contributed by atoms with Crippen LogP contribution in [0.1, 0.15) is 46.5 Å². The number of ether oxygens (including phenoxy) is 2. The Hall–Kier alpha value is -0.610. The molecule has 6 unspecified atom stereocenters. The first-order valence-corrected chi connectivity index (χ1v) is 8.18. The molecule has 7 atom stereocenters. The van der Waals surface area contributed by atoms with Gasteiger partial charge in [-0.05, 0) is 46.5 Å². The van der Waals surface area contributed by atoms with Gasteiger partial charge in [0.2, 0.25) is 0 Å². The van der Waals surface area contributed by atoms with Crippen LogP contribution in [0.5, 0.6) is 0 Å². The molecule has 2 heterocycles. The van der Waals surface area contributed by atoms with Gasteiger partial charge in [-0.15, -0.1) is 0 Å². The van der Waals surface area contributed by atoms with Crippen molar-refractivity contribution in [2.24, 2.45) is 17.8 Å². The van der Waals surface area contributed by atoms with Crippen molar-refractivity contribution in [3.05, 3.63) is 0 Å². The highest BCUT2D eigenvalue weighted by Crippen LogP contribution is 2.44. The maximum atomic E-state index is 12.0. The lowest BCUT2D eigenvalue weighted by molar-refractivity contribution is -0.151. The highest BCUT2D eigenvalue weighted by Gasteiger charge is 2.50. The van der Waals surface area contributed by atoms with E-state index in [1.807, 2.05) is 6.92 Å². The third kappa shape index (κ3) is 2.48. The van der Waals surface area contributed by atoms with E-state index in [1.165, 1.54) is 0 Å². The van der Waals surface area contributed by atoms with Gasteiger partial charge in [0, 0.05) is 23.9 Å². The maximum absolute atomic E-state index is 12.0. The predicted molar refractivity (Wildman–Crippen MR) is 76.3 cm³/mol. The number of nitrogens with one attached hydrogen (secondary N) is 1. The van der Waals surface area contributed by atoms with Crippen LogP contribution in [0.3, 0.4) is 0 Å². The van der Waals surface area contributed by atoms with Gasteiger partial charge in [-0.2, -0.15) is 0 Å². The Morgan fingerprint density at radius 3 is 2.80 bits per heavy atom. The Morgan fingerprint density at radius 1 is 1.25 bits per heavy atom. The lowest BCUT2D eigenvalue weighted by atomic mass is 9.68. The molecule has 3 rings (SSSR count). The van der Waals surface area contributed by atoms with E-state index in [0.29, 0.717) is 42.7 Å². The van der Waals surface area contributed by atoms with Gasteiger partial charge in [-0.3, -0.25) is 4.79 Å². The number of hydrogen-bond acceptors (Lipinski definition) is 4. The third-order valence-corrected chi connectivity index (χ3v) is 5.48. The van der Waals surface area contributed by atoms with E-state index in [2.05, 4.69) is 19.2 Å². The SMILES string of the molecule is CCOC(=O)C1CCC2NC(C)C3C[C@H](C)OC3C2C1. The van der Waals surface area contributed by atoms with Crippen molar-refractivity contribution in [3.63, 3.8) is 0 Å². The third-order valence-electron chi connectivity index (χ3n) is 5.48. The quantitative estimate of drug-likeness (QED) is 0.788. The molecule has 2 saturated heterocycles. The number of esters is 1. The van der Waals surface area contributed by atoms with Gasteiger partial charge in [-0.1, -0.05) is 0 Å². The van der Waals surface area contributed by atoms with Crippen molar-refractivity contribution in [2.45, 2.75) is 70.7 Å². The van der Waals surface area contributed by atoms with E-state index >= 15 is 0 Å². The molecule has 114 valence electrons. The second-order valence-corrected chi connectivity index (χ2v) is 6.80. The molecule has 2 aliphatic heterocycles. The fraction of sp³-hybridized carbons (Fsp3) is 0.938. The molecule has 0 aromatic rings. The van der Waals surface area contributed by atoms with Crippen LogP contribution >= 0.6 is 0 Å². The first-order valence-electron chi connectivity index (χ1n) is 8.18. The van der Waals surface area contributed by atoms with Crippen molar-refractivity contribution in [2.75, 3.05) is 6.61 Å². The summed E-state index contributed by atoms with van der Waals surface area (Å²) in [5, 5.41) is 3.77. The number of rotatable bonds is 2. The van der Waals surface area contributed by atoms with E-state index < -0.39 is 0 Å². The molecule has 0 spiro atoms. The predicted octanol–water partition coefficient (Wildman–Crippen LogP) is 2.12. The molecule has 3 aliphatic rings. The molecule has 4 heteroatoms. The Bertz CT molecular complexity index is 373. The average Bonchev–Trinajstić information content (AvgIpc) is 2.81. The van der Waals surface area contributed by atoms with Gasteiger partial charge in [0.05, 0.1) is 24.7 Å². The highest BCUT2D eigenvalue weighted by molar-refractivity contribution is 5.72. The maximum Gasteiger partial charge on any atom is 0.308 e. The molecular weight excluding hydrogens is 254 g/mol. The van der Waals surface area contributed by atoms with E-state index in [-0.39, 0.29) is 11.9 Å². The van der Waals surface area contributed by atoms with Crippen LogP contribution in [-0.2, 0) is 14.3 Å². The Morgan fingerprint density at radius 2 is 2.05 bits per heavy atom. The van der Waals surface area contributed by atoms with Crippen LogP contribution in [0.2, 0.25) is 0 Å². The summed E-state index contributed by atoms with van der Waals surface area (Å²) in [4.78, 5) is 12.0. The zero-order chi connectivity index (χ0) is 14.3. The summed E-state index contributed by atoms with van der Waals surface area (Å²) in [5.41, 5.74) is 0. The minimum Gasteiger partial charge on any atom is -0.466 e. The van der Waals surface area contributed by atoms with E-state index in [4.69, 9.17) is 9.47 Å². The van der Waals surface area contributed by atoms with Crippen molar-refractivity contribution < 1.29 is 14.3 Å². The van der Waals surface area contributed by atoms with Crippen molar-refractivity contribution in [1.29, 1.82) is 0 Å². The molecule has 0 amide bonds. The van der Waals surface area contributed by atoms with E-state index in [1.54, 1.807) is 0 Å². The molecule has 1 N–H and O–H groups in total. The van der Waals surface area contributed by atoms with Crippen LogP contribution in [0.15, 0.2) is 0 Å². The normalized spacial score (nSPS) is 47.5. The summed E-state index contributed by atoms with van der Waals surface area (Å²) in [7, 11) is 0. The highest BCUT2D eigenvalue weighted by atomic mass is 16.5. The number of carbonyl (C=O) groups excluding carboxylic acids is 1. The summed E-state index contributed by atoms with van der Waals surface area (Å²) < 4.78 is 11.4. The van der Waals surface area contributed by atoms with Gasteiger partial charge in [0.15, 0.2) is 0 Å². The summed E-state index contributed by atoms with van der Waals surface area (Å²) in [6, 6.07) is 1.05. The minimum atomic E-state index is -0.00725. The summed E-state index contributed by atoms with van der Waals surface area (Å²) in [6.45, 7) is 6.82. The molecule has 0 aromatic carbocycles. The van der Waals surface area contributed by atoms with Crippen LogP contribution in [0.25, 0.3) is 0 Å². The zero-order valence-corrected chi connectivity index (χ0v) is 12.8. The fourth-order valence-corrected chi connectivity index (χ4v) is 4.56. The minimum absolute atomic E-state index is 0.00725. The van der Waals surface area contributed by atoms with Crippen molar-refractivity contribution in [1.82, 2.24) is 5.32 Å². The largest absolute Gasteiger partial charge is 0.466 e. The van der Waals surface area contributed by atoms with Gasteiger partial charge in [0.25, 0.3) is 0 Å². The van der Waals surface area contributed by atoms with Crippen LogP contribution in [0.4, 0.5) is 0 Å². The fourth-order valence-electron chi connectivity index (χ4n) is 4.56. The Balaban J connectivity index is 1.71. The van der Waals surface area contributed by atoms with Crippen LogP contribution in [0, 0.1) is 17.8 Å². The summed E-state index contributed by atoms with van der Waals surface area (Å²) in [5.74, 6) is 1.15. The molecule has 3 fully saturated rings. The monoisotopic (exact) mass is 281 g/mol. The smallest absolute Gasteiger partial charge is 0.308 e. The first kappa shape index (κ1) is 14.3. The zero-order valence-electron chi connectivity index (χ0n) is 12.8. The molecule has 0 radical (unpaired) electrons. The standard InChI is InChI=1S/C16H27NO3/c1-4-19-16(18)11-5-6-14-13(8-11)15-12(10(3)17-14)7-9(2)20-15/h9-15,17H,4-8H2,1-3H3/t9-,10?,11?,12?,13?,14?,15?/m0/s1. The van der Waals surface area contributed by atoms with Crippen molar-refractivity contribution >= 4 is 5.97 Å². The average molecular weight is 281 g/mol. The molecule has 1 saturated carbocycles. The Kier molecular flexibility index (Phi) is 4.04. The summed E-state index contributed by atoms with van der Waals surface area (Å²) >= 11 is 0. The lowest BCUT2D eigenvalue weighted by Crippen LogP contribution is -2.59. The van der Waals surface area contributed by atoms with Crippen LogP contribution < -0.4 is 5.32 Å². The van der Waals surface area contributed by atoms with E-state index in [0.717, 1.165) is 25.7 Å². The second-order valence-electron chi connectivity index (χ2n) is 6.80. The number of fused-ring (bicyclic) bond motifs is 3. The molecule has 0 aromatic heterocycles. The lowest BCUT2D eigenvalue weighted by Gasteiger charge is -2.47. The van der Waals surface area contributed by atoms with Gasteiger partial charge in [-0.25, -0.2) is 0 Å². The molecule has 4 nitrogen and oxygen atoms in total. The molecular formula is C16H27NO3. The van der Waals surface area contributed by atoms with Gasteiger partial charge < -0.3 is 14.8 Å². The summed E-state index contributed by atoms with van der Waals surface area (Å²) in [6.07, 6.45) is 4.79. The molecule has 0 bridgehead atoms. The van der Waals surface area contributed by atoms with Crippen LogP contribution in [-0.4, -0.2) is 36.9 Å². The number of piperidine rings is 1. The van der Waals surface area contributed by atoms with Gasteiger partial charge in [0.1, 0.15) is 0 Å². The topological polar surface area (TPSA) is 47.6 Å². The Labute approximate surface area is 121 Å². The van der Waals surface area contributed by atoms with E-state index in [9.17, 15) is 4.79 Å². The second kappa shape index (κ2) is 5.64. The molecule has 1 aliphatic carbocycles. The first-order chi connectivity index (χ1) is 9.60. The number of hydrogen-bond donors (Lipinski definition) is 1. The van der Waals surface area contributed by atoms with Crippen molar-refractivity contribution in [3.8, 4) is 0 Å². The van der Waals surface area contributed by atoms with Gasteiger partial charge >= 0.3 is 5.97 Å². The number of carbonyl (C=O) groups is 1.